The number of aromatic nitrogens is 6. The summed E-state index contributed by atoms with van der Waals surface area (Å²) in [6, 6.07) is 0. The van der Waals surface area contributed by atoms with E-state index in [1.165, 1.54) is 23.8 Å². The van der Waals surface area contributed by atoms with Crippen LogP contribution < -0.4 is 5.32 Å². The van der Waals surface area contributed by atoms with Crippen molar-refractivity contribution < 1.29 is 0 Å². The summed E-state index contributed by atoms with van der Waals surface area (Å²) in [6.45, 7) is 3.09. The summed E-state index contributed by atoms with van der Waals surface area (Å²) in [5, 5.41) is 7.27. The molecule has 2 unspecified atom stereocenters. The molecule has 1 N–H and O–H groups in total. The molecule has 18 heavy (non-hydrogen) atoms. The van der Waals surface area contributed by atoms with Crippen molar-refractivity contribution in [1.29, 1.82) is 0 Å². The molecule has 0 bridgehead atoms. The van der Waals surface area contributed by atoms with Gasteiger partial charge in [-0.2, -0.15) is 24.7 Å². The zero-order valence-corrected chi connectivity index (χ0v) is 10.5. The second-order valence-corrected chi connectivity index (χ2v) is 4.76. The van der Waals surface area contributed by atoms with Gasteiger partial charge in [0.05, 0.1) is 0 Å². The van der Waals surface area contributed by atoms with Crippen LogP contribution >= 0.6 is 11.6 Å². The van der Waals surface area contributed by atoms with Crippen molar-refractivity contribution in [3.8, 4) is 5.95 Å². The summed E-state index contributed by atoms with van der Waals surface area (Å²) >= 11 is 5.86. The highest BCUT2D eigenvalue weighted by Gasteiger charge is 2.32. The molecule has 0 radical (unpaired) electrons. The van der Waals surface area contributed by atoms with Crippen molar-refractivity contribution in [3.05, 3.63) is 17.9 Å². The van der Waals surface area contributed by atoms with E-state index in [9.17, 15) is 0 Å². The van der Waals surface area contributed by atoms with Crippen LogP contribution in [-0.2, 0) is 0 Å². The van der Waals surface area contributed by atoms with Gasteiger partial charge in [-0.1, -0.05) is 6.92 Å². The third kappa shape index (κ3) is 2.40. The summed E-state index contributed by atoms with van der Waals surface area (Å²) in [5.74, 6) is 2.32. The van der Waals surface area contributed by atoms with E-state index in [2.05, 4.69) is 37.3 Å². The molecule has 0 aromatic carbocycles. The fourth-order valence-electron chi connectivity index (χ4n) is 1.74. The van der Waals surface area contributed by atoms with Crippen molar-refractivity contribution >= 4 is 17.5 Å². The Hall–Kier alpha value is -1.76. The van der Waals surface area contributed by atoms with Crippen LogP contribution in [0.2, 0.25) is 5.28 Å². The standard InChI is InChI=1S/C10H12ClN7/c1-6-2-7(6)3-13-9-15-8(11)16-10(17-9)18-5-12-4-14-18/h4-7H,2-3H2,1H3,(H,13,15,16,17). The fourth-order valence-corrected chi connectivity index (χ4v) is 1.89. The number of halogens is 1. The molecule has 1 aliphatic rings. The highest BCUT2D eigenvalue weighted by molar-refractivity contribution is 6.28. The molecule has 0 amide bonds. The zero-order valence-electron chi connectivity index (χ0n) is 9.78. The second-order valence-electron chi connectivity index (χ2n) is 4.42. The average molecular weight is 266 g/mol. The van der Waals surface area contributed by atoms with Gasteiger partial charge in [0.25, 0.3) is 5.95 Å². The third-order valence-electron chi connectivity index (χ3n) is 3.02. The SMILES string of the molecule is CC1CC1CNc1nc(Cl)nc(-n2cncn2)n1. The topological polar surface area (TPSA) is 81.4 Å². The summed E-state index contributed by atoms with van der Waals surface area (Å²) in [7, 11) is 0. The molecule has 2 aromatic heterocycles. The molecule has 0 spiro atoms. The van der Waals surface area contributed by atoms with Gasteiger partial charge in [0.2, 0.25) is 11.2 Å². The number of nitrogens with one attached hydrogen (secondary N) is 1. The summed E-state index contributed by atoms with van der Waals surface area (Å²) in [4.78, 5) is 16.1. The molecule has 0 saturated heterocycles. The molecular weight excluding hydrogens is 254 g/mol. The predicted octanol–water partition coefficient (Wildman–Crippen LogP) is 1.17. The van der Waals surface area contributed by atoms with Crippen LogP contribution in [0.3, 0.4) is 0 Å². The summed E-state index contributed by atoms with van der Waals surface area (Å²) in [6.07, 6.45) is 4.18. The Bertz CT molecular complexity index is 541. The van der Waals surface area contributed by atoms with E-state index in [4.69, 9.17) is 11.6 Å². The van der Waals surface area contributed by atoms with Crippen LogP contribution in [0.15, 0.2) is 12.7 Å². The first-order valence-electron chi connectivity index (χ1n) is 5.73. The van der Waals surface area contributed by atoms with Gasteiger partial charge in [-0.25, -0.2) is 4.98 Å². The molecule has 94 valence electrons. The van der Waals surface area contributed by atoms with E-state index in [0.717, 1.165) is 12.5 Å². The number of rotatable bonds is 4. The van der Waals surface area contributed by atoms with Gasteiger partial charge in [-0.15, -0.1) is 0 Å². The molecule has 2 aromatic rings. The average Bonchev–Trinajstić information content (AvgIpc) is 2.83. The lowest BCUT2D eigenvalue weighted by Crippen LogP contribution is -2.11. The lowest BCUT2D eigenvalue weighted by Gasteiger charge is -2.05. The van der Waals surface area contributed by atoms with Crippen LogP contribution in [0.25, 0.3) is 5.95 Å². The third-order valence-corrected chi connectivity index (χ3v) is 3.19. The largest absolute Gasteiger partial charge is 0.354 e. The van der Waals surface area contributed by atoms with Crippen LogP contribution in [0.1, 0.15) is 13.3 Å². The second kappa shape index (κ2) is 4.49. The normalized spacial score (nSPS) is 21.9. The van der Waals surface area contributed by atoms with Crippen LogP contribution in [0.4, 0.5) is 5.95 Å². The van der Waals surface area contributed by atoms with Crippen LogP contribution in [0.5, 0.6) is 0 Å². The zero-order chi connectivity index (χ0) is 12.5. The molecular formula is C10H12ClN7. The number of nitrogens with zero attached hydrogens (tertiary/aromatic N) is 6. The van der Waals surface area contributed by atoms with E-state index < -0.39 is 0 Å². The van der Waals surface area contributed by atoms with Gasteiger partial charge in [0, 0.05) is 6.54 Å². The minimum absolute atomic E-state index is 0.141. The maximum Gasteiger partial charge on any atom is 0.258 e. The molecule has 2 heterocycles. The Morgan fingerprint density at radius 1 is 1.44 bits per heavy atom. The van der Waals surface area contributed by atoms with Crippen molar-refractivity contribution in [1.82, 2.24) is 29.7 Å². The fraction of sp³-hybridized carbons (Fsp3) is 0.500. The lowest BCUT2D eigenvalue weighted by atomic mass is 10.3. The monoisotopic (exact) mass is 265 g/mol. The highest BCUT2D eigenvalue weighted by atomic mass is 35.5. The maximum atomic E-state index is 5.86. The van der Waals surface area contributed by atoms with Gasteiger partial charge in [0.15, 0.2) is 0 Å². The van der Waals surface area contributed by atoms with Crippen molar-refractivity contribution in [2.24, 2.45) is 11.8 Å². The van der Waals surface area contributed by atoms with Crippen LogP contribution in [0, 0.1) is 11.8 Å². The van der Waals surface area contributed by atoms with E-state index >= 15 is 0 Å². The predicted molar refractivity (Wildman–Crippen MR) is 65.5 cm³/mol. The van der Waals surface area contributed by atoms with Gasteiger partial charge < -0.3 is 5.32 Å². The minimum Gasteiger partial charge on any atom is -0.354 e. The van der Waals surface area contributed by atoms with Gasteiger partial charge >= 0.3 is 0 Å². The number of hydrogen-bond acceptors (Lipinski definition) is 6. The molecule has 3 rings (SSSR count). The Labute approximate surface area is 109 Å². The van der Waals surface area contributed by atoms with Crippen molar-refractivity contribution in [3.63, 3.8) is 0 Å². The molecule has 1 saturated carbocycles. The first kappa shape index (κ1) is 11.3. The highest BCUT2D eigenvalue weighted by Crippen LogP contribution is 2.37. The van der Waals surface area contributed by atoms with Crippen LogP contribution in [-0.4, -0.2) is 36.3 Å². The van der Waals surface area contributed by atoms with E-state index in [0.29, 0.717) is 17.8 Å². The molecule has 1 fully saturated rings. The van der Waals surface area contributed by atoms with Crippen molar-refractivity contribution in [2.75, 3.05) is 11.9 Å². The number of anilines is 1. The Morgan fingerprint density at radius 2 is 2.28 bits per heavy atom. The smallest absolute Gasteiger partial charge is 0.258 e. The molecule has 2 atom stereocenters. The minimum atomic E-state index is 0.141. The maximum absolute atomic E-state index is 5.86. The van der Waals surface area contributed by atoms with E-state index in [1.807, 2.05) is 0 Å². The van der Waals surface area contributed by atoms with E-state index in [-0.39, 0.29) is 5.28 Å². The Morgan fingerprint density at radius 3 is 2.94 bits per heavy atom. The van der Waals surface area contributed by atoms with Gasteiger partial charge in [0.1, 0.15) is 12.7 Å². The molecule has 8 heteroatoms. The Kier molecular flexibility index (Phi) is 2.83. The first-order chi connectivity index (χ1) is 8.72. The molecule has 0 aliphatic heterocycles. The van der Waals surface area contributed by atoms with Gasteiger partial charge in [-0.3, -0.25) is 0 Å². The van der Waals surface area contributed by atoms with E-state index in [1.54, 1.807) is 0 Å². The molecule has 1 aliphatic carbocycles. The first-order valence-corrected chi connectivity index (χ1v) is 6.10. The van der Waals surface area contributed by atoms with Crippen molar-refractivity contribution in [2.45, 2.75) is 13.3 Å². The quantitative estimate of drug-likeness (QED) is 0.894. The lowest BCUT2D eigenvalue weighted by molar-refractivity contribution is 0.765. The Balaban J connectivity index is 1.77. The summed E-state index contributed by atoms with van der Waals surface area (Å²) < 4.78 is 1.44. The summed E-state index contributed by atoms with van der Waals surface area (Å²) in [5.41, 5.74) is 0. The molecule has 7 nitrogen and oxygen atoms in total. The van der Waals surface area contributed by atoms with Gasteiger partial charge in [-0.05, 0) is 29.9 Å². The number of hydrogen-bond donors (Lipinski definition) is 1.